The van der Waals surface area contributed by atoms with Crippen molar-refractivity contribution in [3.63, 3.8) is 0 Å². The molecule has 0 aliphatic heterocycles. The zero-order valence-electron chi connectivity index (χ0n) is 15.3. The fraction of sp³-hybridized carbons (Fsp3) is 0.286. The van der Waals surface area contributed by atoms with Crippen molar-refractivity contribution in [3.8, 4) is 6.07 Å². The van der Waals surface area contributed by atoms with Gasteiger partial charge in [0.2, 0.25) is 0 Å². The van der Waals surface area contributed by atoms with E-state index in [-0.39, 0.29) is 17.7 Å². The molecule has 0 aliphatic rings. The molecular weight excluding hydrogens is 326 g/mol. The summed E-state index contributed by atoms with van der Waals surface area (Å²) in [4.78, 5) is 28.7. The van der Waals surface area contributed by atoms with Crippen LogP contribution in [0.2, 0.25) is 0 Å². The zero-order chi connectivity index (χ0) is 19.1. The Balaban J connectivity index is 2.23. The van der Waals surface area contributed by atoms with E-state index in [1.807, 2.05) is 37.3 Å². The second-order valence-corrected chi connectivity index (χ2v) is 6.15. The van der Waals surface area contributed by atoms with E-state index in [1.165, 1.54) is 0 Å². The third-order valence-corrected chi connectivity index (χ3v) is 4.19. The molecule has 2 aromatic rings. The molecule has 0 heterocycles. The van der Waals surface area contributed by atoms with E-state index in [4.69, 9.17) is 5.26 Å². The van der Waals surface area contributed by atoms with Gasteiger partial charge in [-0.3, -0.25) is 9.59 Å². The quantitative estimate of drug-likeness (QED) is 0.800. The van der Waals surface area contributed by atoms with Crippen LogP contribution in [-0.4, -0.2) is 36.9 Å². The van der Waals surface area contributed by atoms with E-state index in [0.717, 1.165) is 5.69 Å². The first kappa shape index (κ1) is 19.2. The van der Waals surface area contributed by atoms with Gasteiger partial charge in [-0.25, -0.2) is 0 Å². The maximum Gasteiger partial charge on any atom is 0.258 e. The van der Waals surface area contributed by atoms with Gasteiger partial charge >= 0.3 is 0 Å². The van der Waals surface area contributed by atoms with Crippen molar-refractivity contribution in [1.82, 2.24) is 4.90 Å². The molecule has 26 heavy (non-hydrogen) atoms. The Kier molecular flexibility index (Phi) is 6.51. The monoisotopic (exact) mass is 349 g/mol. The summed E-state index contributed by atoms with van der Waals surface area (Å²) >= 11 is 0. The largest absolute Gasteiger partial charge is 0.338 e. The Morgan fingerprint density at radius 1 is 1.04 bits per heavy atom. The van der Waals surface area contributed by atoms with Gasteiger partial charge < -0.3 is 9.80 Å². The van der Waals surface area contributed by atoms with Crippen LogP contribution in [0.4, 0.5) is 5.69 Å². The van der Waals surface area contributed by atoms with E-state index >= 15 is 0 Å². The molecule has 134 valence electrons. The molecule has 2 amide bonds. The third-order valence-electron chi connectivity index (χ3n) is 4.19. The summed E-state index contributed by atoms with van der Waals surface area (Å²) in [5.74, 6) is -0.598. The molecule has 2 aromatic carbocycles. The number of carbonyl (C=O) groups excluding carboxylic acids is 2. The van der Waals surface area contributed by atoms with Gasteiger partial charge in [-0.05, 0) is 44.2 Å². The van der Waals surface area contributed by atoms with Crippen LogP contribution in [0.15, 0.2) is 54.6 Å². The van der Waals surface area contributed by atoms with Crippen molar-refractivity contribution in [3.05, 3.63) is 65.7 Å². The van der Waals surface area contributed by atoms with Crippen LogP contribution in [0.1, 0.15) is 34.6 Å². The van der Waals surface area contributed by atoms with Crippen molar-refractivity contribution >= 4 is 17.5 Å². The maximum absolute atomic E-state index is 12.7. The fourth-order valence-corrected chi connectivity index (χ4v) is 2.66. The minimum atomic E-state index is -0.243. The molecule has 0 saturated carbocycles. The van der Waals surface area contributed by atoms with Gasteiger partial charge in [-0.2, -0.15) is 5.26 Å². The van der Waals surface area contributed by atoms with Crippen LogP contribution in [0.25, 0.3) is 0 Å². The average molecular weight is 349 g/mol. The lowest BCUT2D eigenvalue weighted by Crippen LogP contribution is -2.34. The number of carbonyl (C=O) groups is 2. The number of hydrogen-bond donors (Lipinski definition) is 0. The Bertz CT molecular complexity index is 812. The SMILES string of the molecule is CCN(C[C@@H](C)C#N)C(=O)c1cccc(C(=O)N(C)c2ccccc2)c1. The molecule has 0 radical (unpaired) electrons. The molecule has 0 spiro atoms. The zero-order valence-corrected chi connectivity index (χ0v) is 15.3. The van der Waals surface area contributed by atoms with Crippen molar-refractivity contribution in [2.75, 3.05) is 25.0 Å². The van der Waals surface area contributed by atoms with Crippen LogP contribution in [0.5, 0.6) is 0 Å². The summed E-state index contributed by atoms with van der Waals surface area (Å²) in [7, 11) is 1.71. The Labute approximate surface area is 154 Å². The normalized spacial score (nSPS) is 11.3. The van der Waals surface area contributed by atoms with Crippen LogP contribution in [0.3, 0.4) is 0 Å². The van der Waals surface area contributed by atoms with Crippen molar-refractivity contribution in [1.29, 1.82) is 5.26 Å². The Morgan fingerprint density at radius 3 is 2.23 bits per heavy atom. The van der Waals surface area contributed by atoms with Crippen LogP contribution < -0.4 is 4.90 Å². The number of nitrogens with zero attached hydrogens (tertiary/aromatic N) is 3. The summed E-state index contributed by atoms with van der Waals surface area (Å²) in [6.45, 7) is 4.53. The van der Waals surface area contributed by atoms with Crippen LogP contribution in [-0.2, 0) is 0 Å². The van der Waals surface area contributed by atoms with Crippen molar-refractivity contribution < 1.29 is 9.59 Å². The molecule has 0 aromatic heterocycles. The number of nitriles is 1. The standard InChI is InChI=1S/C21H23N3O2/c1-4-24(15-16(2)14-22)21(26)18-10-8-9-17(13-18)20(25)23(3)19-11-6-5-7-12-19/h5-13,16H,4,15H2,1-3H3/t16-/m0/s1. The maximum atomic E-state index is 12.7. The molecule has 0 fully saturated rings. The van der Waals surface area contributed by atoms with Gasteiger partial charge in [0.15, 0.2) is 0 Å². The Morgan fingerprint density at radius 2 is 1.65 bits per heavy atom. The van der Waals surface area contributed by atoms with Crippen molar-refractivity contribution in [2.24, 2.45) is 5.92 Å². The topological polar surface area (TPSA) is 64.4 Å². The van der Waals surface area contributed by atoms with Gasteiger partial charge in [0, 0.05) is 37.0 Å². The number of benzene rings is 2. The molecule has 1 atom stereocenters. The highest BCUT2D eigenvalue weighted by atomic mass is 16.2. The minimum Gasteiger partial charge on any atom is -0.338 e. The number of amides is 2. The number of hydrogen-bond acceptors (Lipinski definition) is 3. The number of rotatable bonds is 6. The Hall–Kier alpha value is -3.13. The summed E-state index contributed by atoms with van der Waals surface area (Å²) in [6.07, 6.45) is 0. The molecular formula is C21H23N3O2. The van der Waals surface area contributed by atoms with E-state index < -0.39 is 0 Å². The highest BCUT2D eigenvalue weighted by Gasteiger charge is 2.19. The number of anilines is 1. The van der Waals surface area contributed by atoms with Crippen LogP contribution in [0, 0.1) is 17.2 Å². The lowest BCUT2D eigenvalue weighted by Gasteiger charge is -2.22. The van der Waals surface area contributed by atoms with Gasteiger partial charge in [0.1, 0.15) is 0 Å². The smallest absolute Gasteiger partial charge is 0.258 e. The molecule has 0 unspecified atom stereocenters. The predicted octanol–water partition coefficient (Wildman–Crippen LogP) is 3.58. The average Bonchev–Trinajstić information content (AvgIpc) is 2.70. The number of para-hydroxylation sites is 1. The van der Waals surface area contributed by atoms with E-state index in [0.29, 0.717) is 24.2 Å². The molecule has 0 aliphatic carbocycles. The van der Waals surface area contributed by atoms with E-state index in [2.05, 4.69) is 6.07 Å². The third kappa shape index (κ3) is 4.48. The molecule has 0 N–H and O–H groups in total. The second-order valence-electron chi connectivity index (χ2n) is 6.15. The summed E-state index contributed by atoms with van der Waals surface area (Å²) in [5.41, 5.74) is 1.68. The summed E-state index contributed by atoms with van der Waals surface area (Å²) < 4.78 is 0. The van der Waals surface area contributed by atoms with Gasteiger partial charge in [-0.15, -0.1) is 0 Å². The first-order chi connectivity index (χ1) is 12.5. The molecule has 0 saturated heterocycles. The first-order valence-electron chi connectivity index (χ1n) is 8.60. The highest BCUT2D eigenvalue weighted by Crippen LogP contribution is 2.16. The first-order valence-corrected chi connectivity index (χ1v) is 8.60. The molecule has 5 heteroatoms. The van der Waals surface area contributed by atoms with Gasteiger partial charge in [0.25, 0.3) is 11.8 Å². The van der Waals surface area contributed by atoms with E-state index in [1.54, 1.807) is 48.0 Å². The van der Waals surface area contributed by atoms with Crippen molar-refractivity contribution in [2.45, 2.75) is 13.8 Å². The fourth-order valence-electron chi connectivity index (χ4n) is 2.66. The molecule has 0 bridgehead atoms. The van der Waals surface area contributed by atoms with Gasteiger partial charge in [-0.1, -0.05) is 24.3 Å². The lowest BCUT2D eigenvalue weighted by atomic mass is 10.1. The van der Waals surface area contributed by atoms with E-state index in [9.17, 15) is 9.59 Å². The molecule has 2 rings (SSSR count). The predicted molar refractivity (Wildman–Crippen MR) is 102 cm³/mol. The van der Waals surface area contributed by atoms with Crippen LogP contribution >= 0.6 is 0 Å². The minimum absolute atomic E-state index is 0.174. The van der Waals surface area contributed by atoms with Gasteiger partial charge in [0.05, 0.1) is 12.0 Å². The summed E-state index contributed by atoms with van der Waals surface area (Å²) in [6, 6.07) is 18.2. The highest BCUT2D eigenvalue weighted by molar-refractivity contribution is 6.07. The lowest BCUT2D eigenvalue weighted by molar-refractivity contribution is 0.0752. The molecule has 5 nitrogen and oxygen atoms in total. The summed E-state index contributed by atoms with van der Waals surface area (Å²) in [5, 5.41) is 8.98. The second kappa shape index (κ2) is 8.82.